The Morgan fingerprint density at radius 3 is 0.835 bits per heavy atom. The molecule has 6 heterocycles. The van der Waals surface area contributed by atoms with Gasteiger partial charge in [0.15, 0.2) is 17.1 Å². The number of rotatable bonds is 43. The summed E-state index contributed by atoms with van der Waals surface area (Å²) in [7, 11) is 0. The van der Waals surface area contributed by atoms with Gasteiger partial charge in [0.25, 0.3) is 0 Å². The predicted molar refractivity (Wildman–Crippen MR) is 603 cm³/mol. The molecule has 8 nitrogen and oxygen atoms in total. The predicted octanol–water partition coefficient (Wildman–Crippen LogP) is 34.9. The van der Waals surface area contributed by atoms with Crippen molar-refractivity contribution in [2.75, 3.05) is 67.1 Å². The van der Waals surface area contributed by atoms with E-state index in [2.05, 4.69) is 358 Å². The maximum atomic E-state index is 9.22. The molecule has 0 aromatic heterocycles. The molecule has 139 heavy (non-hydrogen) atoms. The summed E-state index contributed by atoms with van der Waals surface area (Å²) >= 11 is 21.8. The summed E-state index contributed by atoms with van der Waals surface area (Å²) in [6.07, 6.45) is 69.6. The Hall–Kier alpha value is -8.60. The molecule has 0 fully saturated rings. The minimum atomic E-state index is -0.0773. The summed E-state index contributed by atoms with van der Waals surface area (Å²) in [5.41, 5.74) is 37.9. The first-order valence-electron chi connectivity index (χ1n) is 54.8. The van der Waals surface area contributed by atoms with Crippen LogP contribution in [0.1, 0.15) is 369 Å². The van der Waals surface area contributed by atoms with Crippen molar-refractivity contribution in [3.63, 3.8) is 0 Å². The van der Waals surface area contributed by atoms with Gasteiger partial charge in [0.2, 0.25) is 17.1 Å². The number of hydrogen-bond donors (Lipinski definition) is 2. The number of nitrogens with zero attached hydrogens (tertiary/aromatic N) is 6. The number of allylic oxidation sites excluding steroid dienone is 24. The number of aliphatic hydroxyl groups is 1. The zero-order valence-corrected chi connectivity index (χ0v) is 90.8. The third-order valence-electron chi connectivity index (χ3n) is 31.9. The number of aliphatic hydroxyl groups excluding tert-OH is 1. The molecule has 6 aromatic carbocycles. The zero-order chi connectivity index (χ0) is 98.9. The summed E-state index contributed by atoms with van der Waals surface area (Å²) in [6, 6.07) is 53.7. The molecular formula is C128H173Cl3N7O+3. The highest BCUT2D eigenvalue weighted by atomic mass is 35.5. The highest BCUT2D eigenvalue weighted by molar-refractivity contribution is 6.33. The monoisotopic (exact) mass is 1930 g/mol. The van der Waals surface area contributed by atoms with Crippen molar-refractivity contribution in [3.8, 4) is 0 Å². The van der Waals surface area contributed by atoms with Gasteiger partial charge in [-0.15, -0.1) is 0 Å². The van der Waals surface area contributed by atoms with Crippen LogP contribution in [0.3, 0.4) is 0 Å². The summed E-state index contributed by atoms with van der Waals surface area (Å²) in [5.74, 6) is 0. The van der Waals surface area contributed by atoms with Crippen LogP contribution in [0.5, 0.6) is 0 Å². The number of para-hydroxylation sites is 6. The van der Waals surface area contributed by atoms with E-state index in [0.29, 0.717) is 0 Å². The highest BCUT2D eigenvalue weighted by Gasteiger charge is 2.49. The van der Waals surface area contributed by atoms with Gasteiger partial charge < -0.3 is 25.5 Å². The third-order valence-corrected chi connectivity index (χ3v) is 33.3. The Kier molecular flexibility index (Phi) is 39.2. The van der Waals surface area contributed by atoms with Crippen molar-refractivity contribution in [1.29, 1.82) is 0 Å². The van der Waals surface area contributed by atoms with Crippen molar-refractivity contribution in [2.45, 2.75) is 368 Å². The standard InChI is InChI=1S/C43H59ClN3.C43H58ClN2O.C42H56ClN2/c1-6-7-8-10-17-31-46-37-24-14-12-22-35(37)42(2,3)39(46)28-26-33-20-19-21-34(41(33)44)27-29-40-43(4,5)36-23-13-15-25-38(36)47(40)32-18-11-9-16-30-45;1-6-7-8-9-16-30-45-37-24-14-12-22-35(37)42(2,3)39(45)28-26-33-20-19-21-34(41(33)44)27-29-40-43(4,5)36-23-13-15-25-38(36)46(40)31-17-10-11-18-32-47;1-7-9-11-12-18-31-45-37-25-16-14-23-35(37)42(5,6)39(45)29-27-33-21-19-20-32(40(33)43)26-28-38-41(3,4)34-22-13-15-24-36(34)44(38)30-17-10-8-2/h12-15,22-29H,6-11,16-21,30-32,45H2,1-5H3;12-15,22-29,47H,6-11,16-21,30-32H2,1-5H3;13-16,22-29H,7-12,17-21,30-31H2,1-6H3/q3*+1. The minimum absolute atomic E-state index is 0.0346. The number of hydrogen-bond acceptors (Lipinski definition) is 5. The van der Waals surface area contributed by atoms with Gasteiger partial charge in [-0.3, -0.25) is 0 Å². The van der Waals surface area contributed by atoms with Gasteiger partial charge in [-0.2, -0.15) is 13.7 Å². The van der Waals surface area contributed by atoms with Crippen molar-refractivity contribution in [2.24, 2.45) is 5.73 Å². The fourth-order valence-electron chi connectivity index (χ4n) is 23.6. The van der Waals surface area contributed by atoms with Gasteiger partial charge in [-0.05, 0) is 244 Å². The van der Waals surface area contributed by atoms with E-state index in [-0.39, 0.29) is 39.1 Å². The quantitative estimate of drug-likeness (QED) is 0.0295. The normalized spacial score (nSPS) is 20.4. The molecule has 0 unspecified atom stereocenters. The Morgan fingerprint density at radius 1 is 0.288 bits per heavy atom. The smallest absolute Gasteiger partial charge is 0.209 e. The zero-order valence-electron chi connectivity index (χ0n) is 88.5. The fraction of sp³-hybridized carbons (Fsp3) is 0.508. The van der Waals surface area contributed by atoms with Crippen LogP contribution in [0, 0.1) is 0 Å². The molecule has 0 saturated carbocycles. The van der Waals surface area contributed by atoms with Crippen LogP contribution in [0.4, 0.5) is 34.1 Å². The van der Waals surface area contributed by atoms with E-state index < -0.39 is 0 Å². The molecule has 3 aliphatic carbocycles. The Balaban J connectivity index is 0.000000176. The van der Waals surface area contributed by atoms with Crippen molar-refractivity contribution >= 4 is 86.1 Å². The van der Waals surface area contributed by atoms with E-state index in [1.807, 2.05) is 0 Å². The van der Waals surface area contributed by atoms with Crippen molar-refractivity contribution in [3.05, 3.63) is 318 Å². The Morgan fingerprint density at radius 2 is 0.540 bits per heavy atom. The third kappa shape index (κ3) is 25.1. The first-order valence-corrected chi connectivity index (χ1v) is 55.9. The van der Waals surface area contributed by atoms with Gasteiger partial charge in [0.1, 0.15) is 19.6 Å². The molecule has 6 aliphatic heterocycles. The van der Waals surface area contributed by atoms with Crippen molar-refractivity contribution in [1.82, 2.24) is 0 Å². The molecule has 3 N–H and O–H groups in total. The van der Waals surface area contributed by atoms with E-state index in [9.17, 15) is 5.11 Å². The Bertz CT molecular complexity index is 5490. The molecule has 11 heteroatoms. The SMILES string of the molecule is CCCCCCCN1/C(=C/C=C2\CCCC(/C=C/C3=[N+](CCCCC)c4ccccc4C3(C)C)=C2Cl)C(C)(C)c2ccccc21.CCCCCCC[N+]1=C(C=CC2=C(Cl)C(=CC=C3N(CCCCCCN)c4ccccc4C3(C)C)CCC2)C(C)(C)c2ccccc21.CCCCCCC[N+]1=C(C=CC2=C(Cl)C(=CC=C3N(CCCCCCO)c4ccccc4C3(C)C)CCC2)C(C)(C)c2ccccc21. The number of halogens is 3. The van der Waals surface area contributed by atoms with E-state index in [1.54, 1.807) is 0 Å². The number of fused-ring (bicyclic) bond motifs is 6. The molecule has 6 aromatic rings. The second-order valence-electron chi connectivity index (χ2n) is 44.0. The van der Waals surface area contributed by atoms with Gasteiger partial charge in [0, 0.05) is 164 Å². The lowest BCUT2D eigenvalue weighted by atomic mass is 9.81. The average molecular weight is 1930 g/mol. The van der Waals surface area contributed by atoms with Crippen LogP contribution in [0.2, 0.25) is 0 Å². The molecule has 0 bridgehead atoms. The van der Waals surface area contributed by atoms with Gasteiger partial charge in [-0.1, -0.05) is 346 Å². The summed E-state index contributed by atoms with van der Waals surface area (Å²) in [6.45, 7) is 44.9. The molecule has 15 rings (SSSR count). The van der Waals surface area contributed by atoms with E-state index in [4.69, 9.17) is 40.5 Å². The summed E-state index contributed by atoms with van der Waals surface area (Å²) in [4.78, 5) is 7.67. The molecule has 0 atom stereocenters. The largest absolute Gasteiger partial charge is 0.396 e. The number of nitrogens with two attached hydrogens (primary N) is 1. The number of unbranched alkanes of at least 4 members (excludes halogenated alkanes) is 20. The van der Waals surface area contributed by atoms with E-state index in [1.165, 1.54) is 270 Å². The van der Waals surface area contributed by atoms with Crippen LogP contribution < -0.4 is 20.4 Å². The van der Waals surface area contributed by atoms with E-state index in [0.717, 1.165) is 151 Å². The summed E-state index contributed by atoms with van der Waals surface area (Å²) in [5, 5.41) is 12.0. The van der Waals surface area contributed by atoms with Crippen LogP contribution in [-0.2, 0) is 32.5 Å². The van der Waals surface area contributed by atoms with Gasteiger partial charge >= 0.3 is 0 Å². The Labute approximate surface area is 857 Å². The van der Waals surface area contributed by atoms with Gasteiger partial charge in [0.05, 0.1) is 16.2 Å². The van der Waals surface area contributed by atoms with Crippen LogP contribution in [0.25, 0.3) is 0 Å². The lowest BCUT2D eigenvalue weighted by molar-refractivity contribution is -0.438. The minimum Gasteiger partial charge on any atom is -0.396 e. The average Bonchev–Trinajstić information content (AvgIpc) is 1.62. The molecule has 0 spiro atoms. The first-order chi connectivity index (χ1) is 67.1. The van der Waals surface area contributed by atoms with Gasteiger partial charge in [-0.25, -0.2) is 0 Å². The van der Waals surface area contributed by atoms with Crippen molar-refractivity contribution < 1.29 is 18.8 Å². The van der Waals surface area contributed by atoms with Crippen LogP contribution in [0.15, 0.2) is 284 Å². The van der Waals surface area contributed by atoms with E-state index >= 15 is 0 Å². The van der Waals surface area contributed by atoms with Crippen LogP contribution >= 0.6 is 34.8 Å². The molecule has 0 radical (unpaired) electrons. The second-order valence-corrected chi connectivity index (χ2v) is 45.2. The maximum Gasteiger partial charge on any atom is 0.209 e. The topological polar surface area (TPSA) is 65.0 Å². The molecule has 0 saturated heterocycles. The number of anilines is 3. The lowest BCUT2D eigenvalue weighted by Crippen LogP contribution is -2.28. The first kappa shape index (κ1) is 108. The fourth-order valence-corrected chi connectivity index (χ4v) is 24.6. The molecule has 744 valence electrons. The molecule has 9 aliphatic rings. The maximum absolute atomic E-state index is 9.22. The summed E-state index contributed by atoms with van der Waals surface area (Å²) < 4.78 is 7.73. The highest BCUT2D eigenvalue weighted by Crippen LogP contribution is 2.53. The molecule has 0 amide bonds. The second kappa shape index (κ2) is 50.6. The molecular weight excluding hydrogens is 1760 g/mol. The lowest BCUT2D eigenvalue weighted by Gasteiger charge is -2.27. The van der Waals surface area contributed by atoms with Crippen LogP contribution in [-0.4, -0.2) is 88.4 Å². The number of benzene rings is 6.